The first-order valence-corrected chi connectivity index (χ1v) is 7.10. The number of alkyl halides is 3. The fraction of sp³-hybridized carbons (Fsp3) is 0.125. The van der Waals surface area contributed by atoms with Gasteiger partial charge >= 0.3 is 6.36 Å². The predicted molar refractivity (Wildman–Crippen MR) is 88.3 cm³/mol. The number of amides is 1. The third-order valence-electron chi connectivity index (χ3n) is 2.83. The molecule has 2 aromatic rings. The maximum Gasteiger partial charge on any atom is 0.573 e. The minimum atomic E-state index is -4.83. The van der Waals surface area contributed by atoms with Crippen LogP contribution in [-0.4, -0.2) is 24.8 Å². The van der Waals surface area contributed by atoms with E-state index in [1.807, 2.05) is 0 Å². The van der Waals surface area contributed by atoms with Gasteiger partial charge in [0.05, 0.1) is 5.69 Å². The van der Waals surface area contributed by atoms with Crippen molar-refractivity contribution in [3.63, 3.8) is 0 Å². The number of hydrogen-bond acceptors (Lipinski definition) is 3. The Hall–Kier alpha value is -3.23. The Morgan fingerprint density at radius 3 is 2.36 bits per heavy atom. The number of carbonyl (C=O) groups is 1. The molecule has 0 aliphatic heterocycles. The summed E-state index contributed by atoms with van der Waals surface area (Å²) in [6, 6.07) is 14.1. The van der Waals surface area contributed by atoms with E-state index in [9.17, 15) is 18.0 Å². The minimum Gasteiger partial charge on any atom is -0.404 e. The topological polar surface area (TPSA) is 88.7 Å². The van der Waals surface area contributed by atoms with E-state index in [4.69, 9.17) is 5.73 Å². The summed E-state index contributed by atoms with van der Waals surface area (Å²) >= 11 is 0. The van der Waals surface area contributed by atoms with E-state index in [1.54, 1.807) is 30.3 Å². The third kappa shape index (κ3) is 6.42. The minimum absolute atomic E-state index is 0.0236. The van der Waals surface area contributed by atoms with E-state index in [0.29, 0.717) is 5.69 Å². The molecule has 0 unspecified atom stereocenters. The van der Waals surface area contributed by atoms with Gasteiger partial charge in [0.15, 0.2) is 11.7 Å². The molecule has 0 saturated heterocycles. The Morgan fingerprint density at radius 2 is 1.68 bits per heavy atom. The number of guanidine groups is 1. The van der Waals surface area contributed by atoms with Crippen LogP contribution in [0, 0.1) is 0 Å². The maximum atomic E-state index is 12.4. The number of anilines is 2. The zero-order chi connectivity index (χ0) is 18.3. The highest BCUT2D eigenvalue weighted by molar-refractivity contribution is 5.97. The van der Waals surface area contributed by atoms with Gasteiger partial charge in [-0.05, 0) is 24.3 Å². The summed E-state index contributed by atoms with van der Waals surface area (Å²) in [5.74, 6) is -1.10. The molecule has 132 valence electrons. The van der Waals surface area contributed by atoms with Crippen molar-refractivity contribution in [1.82, 2.24) is 0 Å². The normalized spacial score (nSPS) is 11.7. The number of benzene rings is 2. The molecule has 0 aliphatic rings. The molecular weight excluding hydrogens is 337 g/mol. The van der Waals surface area contributed by atoms with E-state index >= 15 is 0 Å². The van der Waals surface area contributed by atoms with E-state index in [1.165, 1.54) is 18.2 Å². The zero-order valence-corrected chi connectivity index (χ0v) is 12.9. The molecule has 4 N–H and O–H groups in total. The smallest absolute Gasteiger partial charge is 0.404 e. The molecule has 0 aliphatic carbocycles. The SMILES string of the molecule is NC(=NCC(=O)Nc1ccccc1)Nc1ccccc1OC(F)(F)F. The summed E-state index contributed by atoms with van der Waals surface area (Å²) in [6.45, 7) is -0.296. The standard InChI is InChI=1S/C16H15F3N4O2/c17-16(18,19)25-13-9-5-4-8-12(13)23-15(20)21-10-14(24)22-11-6-2-1-3-7-11/h1-9H,10H2,(H,22,24)(H3,20,21,23). The van der Waals surface area contributed by atoms with E-state index < -0.39 is 18.0 Å². The van der Waals surface area contributed by atoms with Crippen molar-refractivity contribution >= 4 is 23.2 Å². The predicted octanol–water partition coefficient (Wildman–Crippen LogP) is 2.95. The van der Waals surface area contributed by atoms with Crippen LogP contribution in [0.25, 0.3) is 0 Å². The second-order valence-corrected chi connectivity index (χ2v) is 4.78. The van der Waals surface area contributed by atoms with Gasteiger partial charge in [-0.3, -0.25) is 4.79 Å². The summed E-state index contributed by atoms with van der Waals surface area (Å²) in [5.41, 5.74) is 6.17. The molecule has 1 amide bonds. The highest BCUT2D eigenvalue weighted by Gasteiger charge is 2.32. The number of nitrogens with one attached hydrogen (secondary N) is 2. The molecule has 0 radical (unpaired) electrons. The van der Waals surface area contributed by atoms with Gasteiger partial charge in [-0.25, -0.2) is 4.99 Å². The molecule has 0 fully saturated rings. The average Bonchev–Trinajstić information content (AvgIpc) is 2.54. The summed E-state index contributed by atoms with van der Waals surface area (Å²) in [4.78, 5) is 15.5. The van der Waals surface area contributed by atoms with Gasteiger partial charge < -0.3 is 21.1 Å². The number of rotatable bonds is 5. The molecule has 0 bridgehead atoms. The van der Waals surface area contributed by atoms with Gasteiger partial charge in [0.25, 0.3) is 0 Å². The molecule has 0 spiro atoms. The van der Waals surface area contributed by atoms with Crippen molar-refractivity contribution in [3.05, 3.63) is 54.6 Å². The van der Waals surface area contributed by atoms with Gasteiger partial charge in [0.1, 0.15) is 6.54 Å². The number of carbonyl (C=O) groups excluding carboxylic acids is 1. The lowest BCUT2D eigenvalue weighted by atomic mass is 10.3. The van der Waals surface area contributed by atoms with Crippen molar-refractivity contribution in [3.8, 4) is 5.75 Å². The lowest BCUT2D eigenvalue weighted by molar-refractivity contribution is -0.274. The maximum absolute atomic E-state index is 12.4. The monoisotopic (exact) mass is 352 g/mol. The van der Waals surface area contributed by atoms with Gasteiger partial charge in [-0.15, -0.1) is 13.2 Å². The second kappa shape index (κ2) is 8.04. The first-order chi connectivity index (χ1) is 11.8. The first kappa shape index (κ1) is 18.1. The van der Waals surface area contributed by atoms with E-state index in [2.05, 4.69) is 20.4 Å². The second-order valence-electron chi connectivity index (χ2n) is 4.78. The van der Waals surface area contributed by atoms with Crippen LogP contribution < -0.4 is 21.1 Å². The van der Waals surface area contributed by atoms with Crippen LogP contribution in [0.4, 0.5) is 24.5 Å². The van der Waals surface area contributed by atoms with Crippen molar-refractivity contribution in [2.24, 2.45) is 10.7 Å². The van der Waals surface area contributed by atoms with Crippen molar-refractivity contribution in [1.29, 1.82) is 0 Å². The molecule has 0 saturated carbocycles. The van der Waals surface area contributed by atoms with Crippen LogP contribution in [-0.2, 0) is 4.79 Å². The third-order valence-corrected chi connectivity index (χ3v) is 2.83. The quantitative estimate of drug-likeness (QED) is 0.570. The summed E-state index contributed by atoms with van der Waals surface area (Å²) in [7, 11) is 0. The number of nitrogens with two attached hydrogens (primary N) is 1. The van der Waals surface area contributed by atoms with Gasteiger partial charge in [-0.1, -0.05) is 30.3 Å². The zero-order valence-electron chi connectivity index (χ0n) is 12.9. The largest absolute Gasteiger partial charge is 0.573 e. The Bertz CT molecular complexity index is 749. The molecule has 0 atom stereocenters. The number of ether oxygens (including phenoxy) is 1. The Labute approximate surface area is 141 Å². The van der Waals surface area contributed by atoms with Gasteiger partial charge in [-0.2, -0.15) is 0 Å². The number of aliphatic imine (C=N–C) groups is 1. The lowest BCUT2D eigenvalue weighted by Crippen LogP contribution is -2.26. The van der Waals surface area contributed by atoms with Crippen LogP contribution in [0.15, 0.2) is 59.6 Å². The first-order valence-electron chi connectivity index (χ1n) is 7.10. The number of nitrogens with zero attached hydrogens (tertiary/aromatic N) is 1. The molecule has 25 heavy (non-hydrogen) atoms. The molecule has 6 nitrogen and oxygen atoms in total. The molecule has 2 rings (SSSR count). The summed E-state index contributed by atoms with van der Waals surface area (Å²) < 4.78 is 41.0. The number of para-hydroxylation sites is 3. The van der Waals surface area contributed by atoms with Crippen LogP contribution in [0.3, 0.4) is 0 Å². The highest BCUT2D eigenvalue weighted by atomic mass is 19.4. The van der Waals surface area contributed by atoms with Crippen LogP contribution in [0.1, 0.15) is 0 Å². The molecule has 0 heterocycles. The number of hydrogen-bond donors (Lipinski definition) is 3. The summed E-state index contributed by atoms with van der Waals surface area (Å²) in [5, 5.41) is 5.08. The van der Waals surface area contributed by atoms with Crippen LogP contribution in [0.2, 0.25) is 0 Å². The average molecular weight is 352 g/mol. The molecule has 9 heteroatoms. The van der Waals surface area contributed by atoms with Crippen LogP contribution in [0.5, 0.6) is 5.75 Å². The van der Waals surface area contributed by atoms with Crippen molar-refractivity contribution in [2.45, 2.75) is 6.36 Å². The Balaban J connectivity index is 1.96. The van der Waals surface area contributed by atoms with E-state index in [-0.39, 0.29) is 18.2 Å². The molecule has 0 aromatic heterocycles. The number of halogens is 3. The fourth-order valence-corrected chi connectivity index (χ4v) is 1.84. The van der Waals surface area contributed by atoms with Crippen molar-refractivity contribution < 1.29 is 22.7 Å². The summed E-state index contributed by atoms with van der Waals surface area (Å²) in [6.07, 6.45) is -4.83. The Kier molecular flexibility index (Phi) is 5.83. The molecule has 2 aromatic carbocycles. The fourth-order valence-electron chi connectivity index (χ4n) is 1.84. The van der Waals surface area contributed by atoms with Gasteiger partial charge in [0, 0.05) is 5.69 Å². The van der Waals surface area contributed by atoms with Crippen molar-refractivity contribution in [2.75, 3.05) is 17.2 Å². The Morgan fingerprint density at radius 1 is 1.04 bits per heavy atom. The molecular formula is C16H15F3N4O2. The van der Waals surface area contributed by atoms with E-state index in [0.717, 1.165) is 6.07 Å². The van der Waals surface area contributed by atoms with Crippen LogP contribution >= 0.6 is 0 Å². The highest BCUT2D eigenvalue weighted by Crippen LogP contribution is 2.29. The lowest BCUT2D eigenvalue weighted by Gasteiger charge is -2.14. The van der Waals surface area contributed by atoms with Gasteiger partial charge in [0.2, 0.25) is 5.91 Å².